The van der Waals surface area contributed by atoms with E-state index in [-0.39, 0.29) is 19.1 Å². The Balaban J connectivity index is 2.41. The van der Waals surface area contributed by atoms with E-state index in [1.165, 1.54) is 34.8 Å². The summed E-state index contributed by atoms with van der Waals surface area (Å²) in [7, 11) is 1.21. The normalized spacial score (nSPS) is 25.0. The van der Waals surface area contributed by atoms with Crippen molar-refractivity contribution < 1.29 is 42.9 Å². The van der Waals surface area contributed by atoms with E-state index in [1.807, 2.05) is 30.3 Å². The van der Waals surface area contributed by atoms with Crippen molar-refractivity contribution in [2.75, 3.05) is 13.7 Å². The van der Waals surface area contributed by atoms with E-state index in [9.17, 15) is 19.2 Å². The average Bonchev–Trinajstić information content (AvgIpc) is 2.78. The lowest BCUT2D eigenvalue weighted by Crippen LogP contribution is -2.67. The van der Waals surface area contributed by atoms with Crippen LogP contribution in [0, 0.1) is 0 Å². The maximum Gasteiger partial charge on any atom is 0.334 e. The van der Waals surface area contributed by atoms with Crippen LogP contribution in [0.25, 0.3) is 0 Å². The van der Waals surface area contributed by atoms with Crippen LogP contribution in [-0.2, 0) is 49.5 Å². The molecule has 1 aromatic rings. The molecule has 2 N–H and O–H groups in total. The highest BCUT2D eigenvalue weighted by molar-refractivity contribution is 5.74. The third-order valence-corrected chi connectivity index (χ3v) is 5.02. The molecule has 0 aromatic heterocycles. The van der Waals surface area contributed by atoms with Crippen LogP contribution in [0.2, 0.25) is 0 Å². The molecule has 0 aliphatic carbocycles. The summed E-state index contributed by atoms with van der Waals surface area (Å²) in [6.45, 7) is 5.44. The van der Waals surface area contributed by atoms with Crippen LogP contribution in [-0.4, -0.2) is 74.2 Å². The molecule has 1 fully saturated rings. The summed E-state index contributed by atoms with van der Waals surface area (Å²) < 4.78 is 28.2. The second-order valence-corrected chi connectivity index (χ2v) is 7.84. The molecule has 1 heterocycles. The van der Waals surface area contributed by atoms with Crippen LogP contribution < -0.4 is 10.6 Å². The van der Waals surface area contributed by atoms with Crippen LogP contribution in [0.3, 0.4) is 0 Å². The SMILES string of the molecule is COC(=O)C(C)O[C@@H]1[C@@H](NC(C)=O)[C@@H](OCc2ccccc2)O[C@H](CNC(C)=O)[C@H]1OC(C)=O. The Morgan fingerprint density at radius 3 is 2.26 bits per heavy atom. The number of carbonyl (C=O) groups is 4. The molecular weight excluding hydrogens is 448 g/mol. The standard InChI is InChI=1S/C23H32N2O9/c1-13(22(29)30-5)32-21-19(25-15(3)27)23(31-12-17-9-7-6-8-10-17)34-18(11-24-14(2)26)20(21)33-16(4)28/h6-10,13,18-21,23H,11-12H2,1-5H3,(H,24,26)(H,25,27)/t13?,18-,19-,20-,21-,23+/m1/s1. The van der Waals surface area contributed by atoms with Crippen molar-refractivity contribution in [2.45, 2.75) is 71.0 Å². The minimum atomic E-state index is -1.08. The number of amides is 2. The Hall–Kier alpha value is -3.02. The minimum Gasteiger partial charge on any atom is -0.467 e. The van der Waals surface area contributed by atoms with Gasteiger partial charge in [0.2, 0.25) is 11.8 Å². The average molecular weight is 481 g/mol. The van der Waals surface area contributed by atoms with E-state index in [0.29, 0.717) is 0 Å². The van der Waals surface area contributed by atoms with Crippen molar-refractivity contribution in [2.24, 2.45) is 0 Å². The summed E-state index contributed by atoms with van der Waals surface area (Å²) in [6.07, 6.45) is -5.14. The van der Waals surface area contributed by atoms with Gasteiger partial charge in [0, 0.05) is 27.3 Å². The zero-order valence-electron chi connectivity index (χ0n) is 19.9. The first-order valence-electron chi connectivity index (χ1n) is 10.8. The van der Waals surface area contributed by atoms with Crippen LogP contribution >= 0.6 is 0 Å². The Kier molecular flexibility index (Phi) is 10.4. The maximum atomic E-state index is 12.1. The van der Waals surface area contributed by atoms with Gasteiger partial charge in [-0.2, -0.15) is 0 Å². The quantitative estimate of drug-likeness (QED) is 0.457. The highest BCUT2D eigenvalue weighted by Crippen LogP contribution is 2.29. The molecule has 0 bridgehead atoms. The van der Waals surface area contributed by atoms with Crippen LogP contribution in [0.15, 0.2) is 30.3 Å². The lowest BCUT2D eigenvalue weighted by Gasteiger charge is -2.46. The van der Waals surface area contributed by atoms with Gasteiger partial charge in [-0.3, -0.25) is 14.4 Å². The molecule has 1 saturated heterocycles. The first kappa shape index (κ1) is 27.2. The smallest absolute Gasteiger partial charge is 0.334 e. The summed E-state index contributed by atoms with van der Waals surface area (Å²) in [5.74, 6) is -2.03. The second-order valence-electron chi connectivity index (χ2n) is 7.84. The minimum absolute atomic E-state index is 0.0300. The first-order chi connectivity index (χ1) is 16.1. The van der Waals surface area contributed by atoms with E-state index in [0.717, 1.165) is 5.56 Å². The lowest BCUT2D eigenvalue weighted by atomic mass is 9.95. The number of rotatable bonds is 10. The monoisotopic (exact) mass is 480 g/mol. The third kappa shape index (κ3) is 8.08. The van der Waals surface area contributed by atoms with Gasteiger partial charge in [-0.1, -0.05) is 30.3 Å². The molecule has 6 atom stereocenters. The topological polar surface area (TPSA) is 138 Å². The Morgan fingerprint density at radius 2 is 1.71 bits per heavy atom. The number of nitrogens with one attached hydrogen (secondary N) is 2. The van der Waals surface area contributed by atoms with Crippen molar-refractivity contribution in [3.05, 3.63) is 35.9 Å². The van der Waals surface area contributed by atoms with Crippen LogP contribution in [0.4, 0.5) is 0 Å². The van der Waals surface area contributed by atoms with Crippen molar-refractivity contribution >= 4 is 23.8 Å². The number of ether oxygens (including phenoxy) is 5. The van der Waals surface area contributed by atoms with E-state index >= 15 is 0 Å². The van der Waals surface area contributed by atoms with E-state index in [1.54, 1.807) is 0 Å². The molecule has 0 radical (unpaired) electrons. The van der Waals surface area contributed by atoms with Gasteiger partial charge in [0.1, 0.15) is 18.2 Å². The number of hydrogen-bond donors (Lipinski definition) is 2. The highest BCUT2D eigenvalue weighted by Gasteiger charge is 2.50. The predicted molar refractivity (Wildman–Crippen MR) is 118 cm³/mol. The molecule has 2 amide bonds. The summed E-state index contributed by atoms with van der Waals surface area (Å²) in [5.41, 5.74) is 0.855. The molecule has 1 aliphatic heterocycles. The van der Waals surface area contributed by atoms with Gasteiger partial charge in [-0.25, -0.2) is 4.79 Å². The second kappa shape index (κ2) is 13.0. The number of esters is 2. The summed E-state index contributed by atoms with van der Waals surface area (Å²) >= 11 is 0. The molecular formula is C23H32N2O9. The van der Waals surface area contributed by atoms with Gasteiger partial charge in [-0.05, 0) is 12.5 Å². The largest absolute Gasteiger partial charge is 0.467 e. The number of hydrogen-bond acceptors (Lipinski definition) is 9. The van der Waals surface area contributed by atoms with Crippen molar-refractivity contribution in [1.82, 2.24) is 10.6 Å². The molecule has 1 unspecified atom stereocenters. The van der Waals surface area contributed by atoms with Gasteiger partial charge >= 0.3 is 11.9 Å². The zero-order chi connectivity index (χ0) is 25.3. The molecule has 0 saturated carbocycles. The Labute approximate surface area is 198 Å². The first-order valence-corrected chi connectivity index (χ1v) is 10.8. The molecule has 2 rings (SSSR count). The highest BCUT2D eigenvalue weighted by atomic mass is 16.7. The van der Waals surface area contributed by atoms with Crippen molar-refractivity contribution in [1.29, 1.82) is 0 Å². The van der Waals surface area contributed by atoms with Crippen LogP contribution in [0.1, 0.15) is 33.3 Å². The maximum absolute atomic E-state index is 12.1. The fourth-order valence-corrected chi connectivity index (χ4v) is 3.55. The van der Waals surface area contributed by atoms with Gasteiger partial charge in [-0.15, -0.1) is 0 Å². The van der Waals surface area contributed by atoms with Gasteiger partial charge in [0.25, 0.3) is 0 Å². The molecule has 34 heavy (non-hydrogen) atoms. The van der Waals surface area contributed by atoms with Gasteiger partial charge in [0.05, 0.1) is 13.7 Å². The Bertz CT molecular complexity index is 848. The van der Waals surface area contributed by atoms with Crippen molar-refractivity contribution in [3.63, 3.8) is 0 Å². The van der Waals surface area contributed by atoms with Gasteiger partial charge < -0.3 is 34.3 Å². The Morgan fingerprint density at radius 1 is 1.03 bits per heavy atom. The molecule has 188 valence electrons. The van der Waals surface area contributed by atoms with Crippen molar-refractivity contribution in [3.8, 4) is 0 Å². The molecule has 11 nitrogen and oxygen atoms in total. The predicted octanol–water partition coefficient (Wildman–Crippen LogP) is 0.447. The third-order valence-electron chi connectivity index (χ3n) is 5.02. The summed E-state index contributed by atoms with van der Waals surface area (Å²) in [6, 6.07) is 8.34. The fourth-order valence-electron chi connectivity index (χ4n) is 3.55. The molecule has 11 heteroatoms. The summed E-state index contributed by atoms with van der Waals surface area (Å²) in [4.78, 5) is 47.6. The molecule has 1 aromatic carbocycles. The zero-order valence-corrected chi connectivity index (χ0v) is 19.9. The molecule has 1 aliphatic rings. The van der Waals surface area contributed by atoms with E-state index < -0.39 is 54.6 Å². The number of benzene rings is 1. The number of carbonyl (C=O) groups excluding carboxylic acids is 4. The number of methoxy groups -OCH3 is 1. The molecule has 0 spiro atoms. The lowest BCUT2D eigenvalue weighted by molar-refractivity contribution is -0.281. The van der Waals surface area contributed by atoms with Gasteiger partial charge in [0.15, 0.2) is 18.5 Å². The van der Waals surface area contributed by atoms with E-state index in [4.69, 9.17) is 23.7 Å². The van der Waals surface area contributed by atoms with Crippen LogP contribution in [0.5, 0.6) is 0 Å². The van der Waals surface area contributed by atoms with E-state index in [2.05, 4.69) is 10.6 Å². The summed E-state index contributed by atoms with van der Waals surface area (Å²) in [5, 5.41) is 5.36. The fraction of sp³-hybridized carbons (Fsp3) is 0.565.